The topological polar surface area (TPSA) is 64.3 Å². The maximum Gasteiger partial charge on any atom is 0.254 e. The Balaban J connectivity index is 1.85. The number of carbonyl (C=O) groups is 1. The highest BCUT2D eigenvalue weighted by atomic mass is 35.5. The summed E-state index contributed by atoms with van der Waals surface area (Å²) in [5.41, 5.74) is 6.14. The molecule has 0 unspecified atom stereocenters. The number of carbonyl (C=O) groups excluding carboxylic acids is 1. The first-order valence-electron chi connectivity index (χ1n) is 6.28. The van der Waals surface area contributed by atoms with Crippen LogP contribution in [0.3, 0.4) is 0 Å². The van der Waals surface area contributed by atoms with E-state index < -0.39 is 11.7 Å². The number of nitrogens with one attached hydrogen (secondary N) is 1. The molecule has 1 amide bonds. The van der Waals surface area contributed by atoms with Crippen molar-refractivity contribution in [3.63, 3.8) is 0 Å². The van der Waals surface area contributed by atoms with Crippen molar-refractivity contribution in [2.45, 2.75) is 0 Å². The molecule has 0 spiro atoms. The van der Waals surface area contributed by atoms with E-state index in [1.807, 2.05) is 0 Å². The van der Waals surface area contributed by atoms with E-state index in [0.717, 1.165) is 6.07 Å². The van der Waals surface area contributed by atoms with E-state index in [-0.39, 0.29) is 18.7 Å². The van der Waals surface area contributed by atoms with Gasteiger partial charge in [-0.05, 0) is 30.3 Å². The molecular formula is C15H14ClFN2O2. The summed E-state index contributed by atoms with van der Waals surface area (Å²) < 4.78 is 18.9. The highest BCUT2D eigenvalue weighted by molar-refractivity contribution is 6.30. The van der Waals surface area contributed by atoms with Crippen molar-refractivity contribution in [2.75, 3.05) is 18.9 Å². The number of hydrogen-bond acceptors (Lipinski definition) is 3. The number of benzene rings is 2. The van der Waals surface area contributed by atoms with Crippen LogP contribution in [0, 0.1) is 5.82 Å². The van der Waals surface area contributed by atoms with Gasteiger partial charge in [0.1, 0.15) is 18.2 Å². The maximum absolute atomic E-state index is 13.5. The van der Waals surface area contributed by atoms with E-state index >= 15 is 0 Å². The standard InChI is InChI=1S/C15H14ClFN2O2/c16-10-5-6-12(17)11(9-10)15(20)19-7-8-21-14-4-2-1-3-13(14)18/h1-6,9H,7-8,18H2,(H,19,20). The fourth-order valence-corrected chi connectivity index (χ4v) is 1.88. The normalized spacial score (nSPS) is 10.2. The Labute approximate surface area is 126 Å². The molecule has 0 aromatic heterocycles. The molecular weight excluding hydrogens is 295 g/mol. The molecule has 0 saturated carbocycles. The quantitative estimate of drug-likeness (QED) is 0.659. The van der Waals surface area contributed by atoms with Gasteiger partial charge < -0.3 is 15.8 Å². The van der Waals surface area contributed by atoms with Crippen LogP contribution in [0.1, 0.15) is 10.4 Å². The van der Waals surface area contributed by atoms with Crippen LogP contribution >= 0.6 is 11.6 Å². The van der Waals surface area contributed by atoms with Gasteiger partial charge in [-0.3, -0.25) is 4.79 Å². The lowest BCUT2D eigenvalue weighted by Crippen LogP contribution is -2.28. The largest absolute Gasteiger partial charge is 0.490 e. The summed E-state index contributed by atoms with van der Waals surface area (Å²) in [7, 11) is 0. The van der Waals surface area contributed by atoms with Crippen molar-refractivity contribution in [2.24, 2.45) is 0 Å². The molecule has 6 heteroatoms. The Hall–Kier alpha value is -2.27. The van der Waals surface area contributed by atoms with Crippen molar-refractivity contribution < 1.29 is 13.9 Å². The Morgan fingerprint density at radius 1 is 1.29 bits per heavy atom. The third kappa shape index (κ3) is 4.10. The highest BCUT2D eigenvalue weighted by Gasteiger charge is 2.11. The summed E-state index contributed by atoms with van der Waals surface area (Å²) in [4.78, 5) is 11.8. The molecule has 2 aromatic rings. The summed E-state index contributed by atoms with van der Waals surface area (Å²) >= 11 is 5.73. The van der Waals surface area contributed by atoms with Gasteiger partial charge in [0.2, 0.25) is 0 Å². The van der Waals surface area contributed by atoms with Crippen LogP contribution < -0.4 is 15.8 Å². The van der Waals surface area contributed by atoms with Gasteiger partial charge in [0.15, 0.2) is 0 Å². The molecule has 3 N–H and O–H groups in total. The summed E-state index contributed by atoms with van der Waals surface area (Å²) in [5.74, 6) is -0.620. The molecule has 0 atom stereocenters. The third-order valence-electron chi connectivity index (χ3n) is 2.74. The van der Waals surface area contributed by atoms with Crippen LogP contribution in [0.25, 0.3) is 0 Å². The Morgan fingerprint density at radius 3 is 2.81 bits per heavy atom. The zero-order chi connectivity index (χ0) is 15.2. The second kappa shape index (κ2) is 6.95. The van der Waals surface area contributed by atoms with Crippen molar-refractivity contribution in [1.82, 2.24) is 5.32 Å². The lowest BCUT2D eigenvalue weighted by atomic mass is 10.2. The van der Waals surface area contributed by atoms with Gasteiger partial charge in [0.25, 0.3) is 5.91 Å². The first-order chi connectivity index (χ1) is 10.1. The predicted octanol–water partition coefficient (Wildman–Crippen LogP) is 2.87. The van der Waals surface area contributed by atoms with Crippen LogP contribution in [-0.2, 0) is 0 Å². The molecule has 0 heterocycles. The Bertz CT molecular complexity index is 649. The highest BCUT2D eigenvalue weighted by Crippen LogP contribution is 2.19. The fraction of sp³-hybridized carbons (Fsp3) is 0.133. The number of ether oxygens (including phenoxy) is 1. The van der Waals surface area contributed by atoms with E-state index in [2.05, 4.69) is 5.32 Å². The molecule has 0 aliphatic rings. The number of anilines is 1. The van der Waals surface area contributed by atoms with Gasteiger partial charge in [-0.1, -0.05) is 23.7 Å². The SMILES string of the molecule is Nc1ccccc1OCCNC(=O)c1cc(Cl)ccc1F. The lowest BCUT2D eigenvalue weighted by Gasteiger charge is -2.10. The summed E-state index contributed by atoms with van der Waals surface area (Å²) in [5, 5.41) is 2.85. The van der Waals surface area contributed by atoms with Crippen molar-refractivity contribution in [3.8, 4) is 5.75 Å². The molecule has 0 aliphatic carbocycles. The predicted molar refractivity (Wildman–Crippen MR) is 80.1 cm³/mol. The monoisotopic (exact) mass is 308 g/mol. The molecule has 2 aromatic carbocycles. The van der Waals surface area contributed by atoms with Gasteiger partial charge in [-0.25, -0.2) is 4.39 Å². The molecule has 0 aliphatic heterocycles. The van der Waals surface area contributed by atoms with Crippen LogP contribution in [0.5, 0.6) is 5.75 Å². The van der Waals surface area contributed by atoms with E-state index in [1.165, 1.54) is 12.1 Å². The minimum Gasteiger partial charge on any atom is -0.490 e. The number of nitrogen functional groups attached to an aromatic ring is 1. The summed E-state index contributed by atoms with van der Waals surface area (Å²) in [6.07, 6.45) is 0. The molecule has 0 bridgehead atoms. The van der Waals surface area contributed by atoms with Crippen molar-refractivity contribution in [1.29, 1.82) is 0 Å². The molecule has 110 valence electrons. The average Bonchev–Trinajstić information content (AvgIpc) is 2.47. The van der Waals surface area contributed by atoms with E-state index in [9.17, 15) is 9.18 Å². The van der Waals surface area contributed by atoms with Crippen molar-refractivity contribution >= 4 is 23.2 Å². The van der Waals surface area contributed by atoms with Gasteiger partial charge in [-0.2, -0.15) is 0 Å². The average molecular weight is 309 g/mol. The second-order valence-corrected chi connectivity index (χ2v) is 4.70. The van der Waals surface area contributed by atoms with E-state index in [1.54, 1.807) is 24.3 Å². The second-order valence-electron chi connectivity index (χ2n) is 4.27. The van der Waals surface area contributed by atoms with Crippen molar-refractivity contribution in [3.05, 3.63) is 58.9 Å². The molecule has 21 heavy (non-hydrogen) atoms. The molecule has 0 saturated heterocycles. The van der Waals surface area contributed by atoms with Gasteiger partial charge in [0, 0.05) is 5.02 Å². The summed E-state index contributed by atoms with van der Waals surface area (Å²) in [6, 6.07) is 10.9. The van der Waals surface area contributed by atoms with Gasteiger partial charge in [0.05, 0.1) is 17.8 Å². The number of rotatable bonds is 5. The van der Waals surface area contributed by atoms with Crippen LogP contribution in [0.2, 0.25) is 5.02 Å². The first-order valence-corrected chi connectivity index (χ1v) is 6.66. The zero-order valence-electron chi connectivity index (χ0n) is 11.1. The van der Waals surface area contributed by atoms with E-state index in [0.29, 0.717) is 16.5 Å². The van der Waals surface area contributed by atoms with Crippen LogP contribution in [0.15, 0.2) is 42.5 Å². The zero-order valence-corrected chi connectivity index (χ0v) is 11.9. The Morgan fingerprint density at radius 2 is 2.05 bits per heavy atom. The number of halogens is 2. The minimum atomic E-state index is -0.620. The molecule has 2 rings (SSSR count). The minimum absolute atomic E-state index is 0.0956. The fourth-order valence-electron chi connectivity index (χ4n) is 1.70. The summed E-state index contributed by atoms with van der Waals surface area (Å²) in [6.45, 7) is 0.446. The maximum atomic E-state index is 13.5. The molecule has 4 nitrogen and oxygen atoms in total. The van der Waals surface area contributed by atoms with Crippen LogP contribution in [0.4, 0.5) is 10.1 Å². The number of hydrogen-bond donors (Lipinski definition) is 2. The van der Waals surface area contributed by atoms with Gasteiger partial charge >= 0.3 is 0 Å². The first kappa shape index (κ1) is 15.1. The van der Waals surface area contributed by atoms with Crippen LogP contribution in [-0.4, -0.2) is 19.1 Å². The third-order valence-corrected chi connectivity index (χ3v) is 2.97. The molecule has 0 radical (unpaired) electrons. The van der Waals surface area contributed by atoms with E-state index in [4.69, 9.17) is 22.1 Å². The smallest absolute Gasteiger partial charge is 0.254 e. The number of para-hydroxylation sites is 2. The van der Waals surface area contributed by atoms with Gasteiger partial charge in [-0.15, -0.1) is 0 Å². The number of nitrogens with two attached hydrogens (primary N) is 1. The Kier molecular flexibility index (Phi) is 5.00. The lowest BCUT2D eigenvalue weighted by molar-refractivity contribution is 0.0943. The molecule has 0 fully saturated rings. The number of amides is 1.